The van der Waals surface area contributed by atoms with E-state index >= 15 is 0 Å². The predicted octanol–water partition coefficient (Wildman–Crippen LogP) is 0.742. The molecule has 1 aliphatic heterocycles. The molecule has 1 aromatic heterocycles. The molecule has 2 heterocycles. The van der Waals surface area contributed by atoms with Gasteiger partial charge in [-0.1, -0.05) is 13.3 Å². The first-order chi connectivity index (χ1) is 14.2. The first-order valence-electron chi connectivity index (χ1n) is 10.7. The summed E-state index contributed by atoms with van der Waals surface area (Å²) in [5.41, 5.74) is 0. The Kier molecular flexibility index (Phi) is 9.50. The molecule has 0 bridgehead atoms. The van der Waals surface area contributed by atoms with E-state index in [0.717, 1.165) is 37.0 Å². The molecular weight excluding hydrogens is 406 g/mol. The van der Waals surface area contributed by atoms with Gasteiger partial charge in [0.2, 0.25) is 10.0 Å². The van der Waals surface area contributed by atoms with E-state index in [0.29, 0.717) is 32.7 Å². The number of sulfonamides is 1. The van der Waals surface area contributed by atoms with Gasteiger partial charge in [0.25, 0.3) is 0 Å². The van der Waals surface area contributed by atoms with E-state index in [2.05, 4.69) is 27.3 Å². The minimum Gasteiger partial charge on any atom is -0.378 e. The Bertz CT molecular complexity index is 784. The monoisotopic (exact) mass is 443 g/mol. The molecule has 0 aromatic carbocycles. The van der Waals surface area contributed by atoms with Gasteiger partial charge >= 0.3 is 0 Å². The maximum Gasteiger partial charge on any atom is 0.216 e. The number of nitrogens with one attached hydrogen (secondary N) is 1. The van der Waals surface area contributed by atoms with Gasteiger partial charge in [0.15, 0.2) is 11.8 Å². The summed E-state index contributed by atoms with van der Waals surface area (Å²) in [6.07, 6.45) is 2.17. The molecule has 0 saturated carbocycles. The quantitative estimate of drug-likeness (QED) is 0.323. The molecule has 0 amide bonds. The first kappa shape index (κ1) is 24.5. The summed E-state index contributed by atoms with van der Waals surface area (Å²) in [5.74, 6) is 2.46. The summed E-state index contributed by atoms with van der Waals surface area (Å²) in [6.45, 7) is 11.4. The number of aryl methyl sites for hydroxylation is 1. The third-order valence-electron chi connectivity index (χ3n) is 5.09. The van der Waals surface area contributed by atoms with Crippen LogP contribution in [0, 0.1) is 6.92 Å². The van der Waals surface area contributed by atoms with E-state index in [1.54, 1.807) is 4.31 Å². The van der Waals surface area contributed by atoms with Crippen LogP contribution in [0.1, 0.15) is 45.3 Å². The van der Waals surface area contributed by atoms with Crippen LogP contribution in [0.25, 0.3) is 0 Å². The topological polar surface area (TPSA) is 105 Å². The highest BCUT2D eigenvalue weighted by atomic mass is 32.2. The number of nitrogens with zero attached hydrogens (tertiary/aromatic N) is 6. The van der Waals surface area contributed by atoms with E-state index in [9.17, 15) is 8.42 Å². The predicted molar refractivity (Wildman–Crippen MR) is 118 cm³/mol. The molecule has 10 nitrogen and oxygen atoms in total. The molecule has 1 aliphatic rings. The molecule has 0 spiro atoms. The summed E-state index contributed by atoms with van der Waals surface area (Å²) >= 11 is 0. The summed E-state index contributed by atoms with van der Waals surface area (Å²) in [5, 5.41) is 11.7. The molecule has 30 heavy (non-hydrogen) atoms. The van der Waals surface area contributed by atoms with Crippen molar-refractivity contribution in [2.24, 2.45) is 12.0 Å². The molecule has 2 rings (SSSR count). The molecule has 1 aromatic rings. The lowest BCUT2D eigenvalue weighted by Crippen LogP contribution is -2.54. The van der Waals surface area contributed by atoms with Crippen molar-refractivity contribution in [3.63, 3.8) is 0 Å². The Morgan fingerprint density at radius 3 is 2.50 bits per heavy atom. The zero-order valence-corrected chi connectivity index (χ0v) is 19.8. The number of hydrogen-bond donors (Lipinski definition) is 1. The number of guanidine groups is 1. The van der Waals surface area contributed by atoms with Crippen molar-refractivity contribution in [2.45, 2.75) is 53.2 Å². The average Bonchev–Trinajstić information content (AvgIpc) is 3.02. The van der Waals surface area contributed by atoms with Gasteiger partial charge < -0.3 is 19.5 Å². The fourth-order valence-electron chi connectivity index (χ4n) is 3.08. The van der Waals surface area contributed by atoms with Crippen molar-refractivity contribution in [3.8, 4) is 0 Å². The zero-order chi connectivity index (χ0) is 22.1. The van der Waals surface area contributed by atoms with Gasteiger partial charge in [-0.2, -0.15) is 4.31 Å². The highest BCUT2D eigenvalue weighted by Crippen LogP contribution is 2.10. The van der Waals surface area contributed by atoms with E-state index in [1.165, 1.54) is 0 Å². The van der Waals surface area contributed by atoms with Crippen molar-refractivity contribution >= 4 is 16.0 Å². The molecular formula is C19H37N7O3S. The normalized spacial score (nSPS) is 16.5. The molecule has 0 unspecified atom stereocenters. The summed E-state index contributed by atoms with van der Waals surface area (Å²) < 4.78 is 34.0. The lowest BCUT2D eigenvalue weighted by Gasteiger charge is -2.36. The molecule has 11 heteroatoms. The van der Waals surface area contributed by atoms with E-state index < -0.39 is 10.0 Å². The fourth-order valence-corrected chi connectivity index (χ4v) is 4.36. The smallest absolute Gasteiger partial charge is 0.216 e. The molecule has 0 atom stereocenters. The Morgan fingerprint density at radius 1 is 1.23 bits per heavy atom. The maximum atomic E-state index is 12.6. The molecule has 0 radical (unpaired) electrons. The lowest BCUT2D eigenvalue weighted by atomic mass is 10.3. The van der Waals surface area contributed by atoms with Crippen LogP contribution in [-0.2, 0) is 28.4 Å². The van der Waals surface area contributed by atoms with Crippen LogP contribution in [-0.4, -0.2) is 89.5 Å². The lowest BCUT2D eigenvalue weighted by molar-refractivity contribution is 0.0904. The van der Waals surface area contributed by atoms with Crippen molar-refractivity contribution in [1.82, 2.24) is 29.3 Å². The van der Waals surface area contributed by atoms with Crippen LogP contribution in [0.5, 0.6) is 0 Å². The van der Waals surface area contributed by atoms with Gasteiger partial charge in [-0.25, -0.2) is 13.4 Å². The summed E-state index contributed by atoms with van der Waals surface area (Å²) in [6, 6.07) is 0. The summed E-state index contributed by atoms with van der Waals surface area (Å²) in [4.78, 5) is 6.86. The van der Waals surface area contributed by atoms with Crippen LogP contribution in [0.2, 0.25) is 0 Å². The largest absolute Gasteiger partial charge is 0.378 e. The molecule has 172 valence electrons. The van der Waals surface area contributed by atoms with Crippen LogP contribution in [0.15, 0.2) is 4.99 Å². The third-order valence-corrected chi connectivity index (χ3v) is 6.92. The molecule has 0 aliphatic carbocycles. The van der Waals surface area contributed by atoms with E-state index in [-0.39, 0.29) is 18.5 Å². The van der Waals surface area contributed by atoms with Crippen molar-refractivity contribution in [1.29, 1.82) is 0 Å². The summed E-state index contributed by atoms with van der Waals surface area (Å²) in [7, 11) is -1.38. The van der Waals surface area contributed by atoms with Gasteiger partial charge in [-0.15, -0.1) is 10.2 Å². The average molecular weight is 444 g/mol. The highest BCUT2D eigenvalue weighted by molar-refractivity contribution is 7.89. The second-order valence-electron chi connectivity index (χ2n) is 7.76. The zero-order valence-electron chi connectivity index (χ0n) is 19.0. The van der Waals surface area contributed by atoms with Crippen LogP contribution < -0.4 is 5.32 Å². The molecule has 1 N–H and O–H groups in total. The number of piperazine rings is 1. The Hall–Kier alpha value is -1.72. The minimum absolute atomic E-state index is 0.0202. The maximum absolute atomic E-state index is 12.6. The number of unbranched alkanes of at least 4 members (excludes halogenated alkanes) is 1. The number of aromatic nitrogens is 3. The molecule has 1 saturated heterocycles. The van der Waals surface area contributed by atoms with Crippen LogP contribution in [0.4, 0.5) is 0 Å². The Morgan fingerprint density at radius 2 is 1.93 bits per heavy atom. The van der Waals surface area contributed by atoms with Gasteiger partial charge in [0.1, 0.15) is 12.4 Å². The SMILES string of the molecule is CCCCNC(=NCc1nnc(C)n1C)N1CCN(S(=O)(=O)CCOC(C)C)CC1. The van der Waals surface area contributed by atoms with Gasteiger partial charge in [0.05, 0.1) is 18.5 Å². The molecule has 1 fully saturated rings. The van der Waals surface area contributed by atoms with Gasteiger partial charge in [0, 0.05) is 39.8 Å². The number of hydrogen-bond acceptors (Lipinski definition) is 6. The van der Waals surface area contributed by atoms with Crippen molar-refractivity contribution in [3.05, 3.63) is 11.6 Å². The van der Waals surface area contributed by atoms with E-state index in [4.69, 9.17) is 9.73 Å². The number of aliphatic imine (C=N–C) groups is 1. The first-order valence-corrected chi connectivity index (χ1v) is 12.3. The van der Waals surface area contributed by atoms with Crippen molar-refractivity contribution < 1.29 is 13.2 Å². The standard InChI is InChI=1S/C19H37N7O3S/c1-6-7-8-20-19(21-15-18-23-22-17(4)24(18)5)25-9-11-26(12-10-25)30(27,28)14-13-29-16(2)3/h16H,6-15H2,1-5H3,(H,20,21). The third kappa shape index (κ3) is 7.21. The highest BCUT2D eigenvalue weighted by Gasteiger charge is 2.28. The van der Waals surface area contributed by atoms with Gasteiger partial charge in [-0.3, -0.25) is 0 Å². The second-order valence-corrected chi connectivity index (χ2v) is 9.85. The fraction of sp³-hybridized carbons (Fsp3) is 0.842. The number of rotatable bonds is 10. The van der Waals surface area contributed by atoms with Crippen LogP contribution in [0.3, 0.4) is 0 Å². The van der Waals surface area contributed by atoms with Gasteiger partial charge in [-0.05, 0) is 27.2 Å². The number of ether oxygens (including phenoxy) is 1. The van der Waals surface area contributed by atoms with E-state index in [1.807, 2.05) is 32.4 Å². The Labute approximate surface area is 180 Å². The Balaban J connectivity index is 1.97. The van der Waals surface area contributed by atoms with Crippen LogP contribution >= 0.6 is 0 Å². The minimum atomic E-state index is -3.31. The second kappa shape index (κ2) is 11.6. The van der Waals surface area contributed by atoms with Crippen molar-refractivity contribution in [2.75, 3.05) is 45.1 Å².